The quantitative estimate of drug-likeness (QED) is 0.747. The van der Waals surface area contributed by atoms with Crippen molar-refractivity contribution in [1.82, 2.24) is 4.72 Å². The molecule has 1 N–H and O–H groups in total. The van der Waals surface area contributed by atoms with E-state index in [-0.39, 0.29) is 21.8 Å². The van der Waals surface area contributed by atoms with Crippen LogP contribution in [0.25, 0.3) is 0 Å². The minimum Gasteiger partial charge on any atom is -0.207 e. The smallest absolute Gasteiger partial charge is 0.207 e. The van der Waals surface area contributed by atoms with Crippen LogP contribution in [0.1, 0.15) is 20.3 Å². The van der Waals surface area contributed by atoms with E-state index in [2.05, 4.69) is 20.7 Å². The molecule has 19 heavy (non-hydrogen) atoms. The van der Waals surface area contributed by atoms with E-state index >= 15 is 0 Å². The molecule has 0 bridgehead atoms. The van der Waals surface area contributed by atoms with Crippen molar-refractivity contribution in [3.8, 4) is 0 Å². The highest BCUT2D eigenvalue weighted by Gasteiger charge is 2.22. The van der Waals surface area contributed by atoms with Crippen molar-refractivity contribution in [1.29, 1.82) is 0 Å². The van der Waals surface area contributed by atoms with E-state index in [4.69, 9.17) is 23.2 Å². The molecular weight excluding hydrogens is 373 g/mol. The van der Waals surface area contributed by atoms with Crippen LogP contribution in [0.15, 0.2) is 27.6 Å². The molecule has 0 spiro atoms. The fourth-order valence-electron chi connectivity index (χ4n) is 1.69. The Morgan fingerprint density at radius 1 is 1.37 bits per heavy atom. The predicted molar refractivity (Wildman–Crippen MR) is 83.4 cm³/mol. The van der Waals surface area contributed by atoms with Gasteiger partial charge in [-0.3, -0.25) is 0 Å². The number of halogens is 3. The zero-order chi connectivity index (χ0) is 14.6. The molecule has 0 aliphatic heterocycles. The lowest BCUT2D eigenvalue weighted by molar-refractivity contribution is 0.485. The SMILES string of the molecule is CC(C)CC(CCl)NS(=O)(=O)c1ccc(Br)cc1Cl. The van der Waals surface area contributed by atoms with Crippen molar-refractivity contribution < 1.29 is 8.42 Å². The van der Waals surface area contributed by atoms with Gasteiger partial charge in [0.25, 0.3) is 0 Å². The number of rotatable bonds is 6. The lowest BCUT2D eigenvalue weighted by Crippen LogP contribution is -2.37. The van der Waals surface area contributed by atoms with Crippen molar-refractivity contribution in [2.24, 2.45) is 5.92 Å². The summed E-state index contributed by atoms with van der Waals surface area (Å²) in [5, 5.41) is 0.180. The molecule has 1 unspecified atom stereocenters. The lowest BCUT2D eigenvalue weighted by Gasteiger charge is -2.18. The van der Waals surface area contributed by atoms with E-state index in [0.717, 1.165) is 4.47 Å². The largest absolute Gasteiger partial charge is 0.242 e. The van der Waals surface area contributed by atoms with Gasteiger partial charge >= 0.3 is 0 Å². The fraction of sp³-hybridized carbons (Fsp3) is 0.500. The third-order valence-corrected chi connectivity index (χ3v) is 5.32. The van der Waals surface area contributed by atoms with Gasteiger partial charge in [-0.15, -0.1) is 11.6 Å². The summed E-state index contributed by atoms with van der Waals surface area (Å²) in [5.74, 6) is 0.581. The molecule has 0 amide bonds. The molecule has 0 fully saturated rings. The van der Waals surface area contributed by atoms with Crippen molar-refractivity contribution in [2.45, 2.75) is 31.2 Å². The van der Waals surface area contributed by atoms with Gasteiger partial charge in [0.1, 0.15) is 4.90 Å². The highest BCUT2D eigenvalue weighted by Crippen LogP contribution is 2.25. The van der Waals surface area contributed by atoms with Crippen LogP contribution in [0.2, 0.25) is 5.02 Å². The summed E-state index contributed by atoms with van der Waals surface area (Å²) in [5.41, 5.74) is 0. The fourth-order valence-corrected chi connectivity index (χ4v) is 4.27. The van der Waals surface area contributed by atoms with Gasteiger partial charge in [0.2, 0.25) is 10.0 Å². The lowest BCUT2D eigenvalue weighted by atomic mass is 10.1. The molecule has 1 aromatic carbocycles. The zero-order valence-electron chi connectivity index (χ0n) is 10.7. The van der Waals surface area contributed by atoms with Gasteiger partial charge in [-0.1, -0.05) is 41.4 Å². The zero-order valence-corrected chi connectivity index (χ0v) is 14.6. The number of sulfonamides is 1. The Bertz CT molecular complexity index is 535. The number of alkyl halides is 1. The van der Waals surface area contributed by atoms with E-state index in [9.17, 15) is 8.42 Å². The van der Waals surface area contributed by atoms with Gasteiger partial charge in [0, 0.05) is 16.4 Å². The topological polar surface area (TPSA) is 46.2 Å². The summed E-state index contributed by atoms with van der Waals surface area (Å²) in [6, 6.07) is 4.36. The van der Waals surface area contributed by atoms with Gasteiger partial charge < -0.3 is 0 Å². The average Bonchev–Trinajstić information content (AvgIpc) is 2.26. The maximum absolute atomic E-state index is 12.2. The standard InChI is InChI=1S/C12H16BrCl2NO2S/c1-8(2)5-10(7-14)16-19(17,18)12-4-3-9(13)6-11(12)15/h3-4,6,8,10,16H,5,7H2,1-2H3. The maximum atomic E-state index is 12.2. The summed E-state index contributed by atoms with van der Waals surface area (Å²) in [4.78, 5) is 0.0660. The third kappa shape index (κ3) is 5.23. The van der Waals surface area contributed by atoms with E-state index in [0.29, 0.717) is 12.3 Å². The molecule has 108 valence electrons. The number of hydrogen-bond acceptors (Lipinski definition) is 2. The number of hydrogen-bond donors (Lipinski definition) is 1. The van der Waals surface area contributed by atoms with Gasteiger partial charge in [-0.25, -0.2) is 13.1 Å². The first kappa shape index (κ1) is 17.2. The van der Waals surface area contributed by atoms with E-state index in [1.807, 2.05) is 13.8 Å². The Morgan fingerprint density at radius 2 is 2.00 bits per heavy atom. The Morgan fingerprint density at radius 3 is 2.47 bits per heavy atom. The number of nitrogens with one attached hydrogen (secondary N) is 1. The molecular formula is C12H16BrCl2NO2S. The Balaban J connectivity index is 2.97. The summed E-state index contributed by atoms with van der Waals surface area (Å²) in [6.45, 7) is 4.03. The van der Waals surface area contributed by atoms with Gasteiger partial charge in [-0.2, -0.15) is 0 Å². The molecule has 1 aromatic rings. The molecule has 1 rings (SSSR count). The highest BCUT2D eigenvalue weighted by molar-refractivity contribution is 9.10. The Hall–Kier alpha value is 0.190. The maximum Gasteiger partial charge on any atom is 0.242 e. The second kappa shape index (κ2) is 7.27. The summed E-state index contributed by atoms with van der Waals surface area (Å²) in [6.07, 6.45) is 0.677. The monoisotopic (exact) mass is 387 g/mol. The van der Waals surface area contributed by atoms with E-state index < -0.39 is 10.0 Å². The van der Waals surface area contributed by atoms with Gasteiger partial charge in [-0.05, 0) is 30.5 Å². The normalized spacial score (nSPS) is 13.8. The van der Waals surface area contributed by atoms with E-state index in [1.54, 1.807) is 12.1 Å². The second-order valence-corrected chi connectivity index (χ2v) is 7.99. The van der Waals surface area contributed by atoms with Gasteiger partial charge in [0.15, 0.2) is 0 Å². The van der Waals surface area contributed by atoms with Crippen LogP contribution in [-0.4, -0.2) is 20.3 Å². The molecule has 0 radical (unpaired) electrons. The first-order valence-electron chi connectivity index (χ1n) is 5.79. The second-order valence-electron chi connectivity index (χ2n) is 4.68. The van der Waals surface area contributed by atoms with E-state index in [1.165, 1.54) is 6.07 Å². The van der Waals surface area contributed by atoms with Crippen LogP contribution in [0, 0.1) is 5.92 Å². The average molecular weight is 389 g/mol. The molecule has 0 aromatic heterocycles. The first-order valence-corrected chi connectivity index (χ1v) is 8.98. The summed E-state index contributed by atoms with van der Waals surface area (Å²) < 4.78 is 27.8. The summed E-state index contributed by atoms with van der Waals surface area (Å²) in [7, 11) is -3.65. The third-order valence-electron chi connectivity index (χ3n) is 2.45. The molecule has 0 aliphatic rings. The van der Waals surface area contributed by atoms with Gasteiger partial charge in [0.05, 0.1) is 5.02 Å². The van der Waals surface area contributed by atoms with Crippen LogP contribution in [0.4, 0.5) is 0 Å². The first-order chi connectivity index (χ1) is 8.76. The molecule has 0 saturated heterocycles. The van der Waals surface area contributed by atoms with Crippen molar-refractivity contribution in [3.63, 3.8) is 0 Å². The number of benzene rings is 1. The molecule has 7 heteroatoms. The predicted octanol–water partition coefficient (Wildman–Crippen LogP) is 4.03. The minimum atomic E-state index is -3.65. The van der Waals surface area contributed by atoms with Crippen LogP contribution < -0.4 is 4.72 Å². The molecule has 0 heterocycles. The Kier molecular flexibility index (Phi) is 6.60. The molecule has 0 aliphatic carbocycles. The molecule has 0 saturated carbocycles. The minimum absolute atomic E-state index is 0.0660. The highest BCUT2D eigenvalue weighted by atomic mass is 79.9. The van der Waals surface area contributed by atoms with Crippen molar-refractivity contribution in [3.05, 3.63) is 27.7 Å². The van der Waals surface area contributed by atoms with Crippen molar-refractivity contribution >= 4 is 49.2 Å². The van der Waals surface area contributed by atoms with Crippen LogP contribution >= 0.6 is 39.1 Å². The molecule has 1 atom stereocenters. The molecule has 3 nitrogen and oxygen atoms in total. The summed E-state index contributed by atoms with van der Waals surface area (Å²) >= 11 is 15.0. The van der Waals surface area contributed by atoms with Crippen LogP contribution in [0.5, 0.6) is 0 Å². The Labute approximate surface area is 132 Å². The van der Waals surface area contributed by atoms with Crippen LogP contribution in [-0.2, 0) is 10.0 Å². The van der Waals surface area contributed by atoms with Crippen molar-refractivity contribution in [2.75, 3.05) is 5.88 Å². The van der Waals surface area contributed by atoms with Crippen LogP contribution in [0.3, 0.4) is 0 Å².